The zero-order valence-electron chi connectivity index (χ0n) is 14.5. The molecular formula is C17H20ClF3N4O. The van der Waals surface area contributed by atoms with E-state index >= 15 is 0 Å². The van der Waals surface area contributed by atoms with Crippen molar-refractivity contribution in [2.45, 2.75) is 19.1 Å². The van der Waals surface area contributed by atoms with Crippen LogP contribution in [0.15, 0.2) is 30.3 Å². The third-order valence-corrected chi connectivity index (χ3v) is 4.11. The molecule has 9 heteroatoms. The Bertz CT molecular complexity index is 746. The maximum absolute atomic E-state index is 12.7. The number of aromatic amines is 1. The zero-order valence-corrected chi connectivity index (χ0v) is 15.2. The summed E-state index contributed by atoms with van der Waals surface area (Å²) in [6, 6.07) is 7.77. The van der Waals surface area contributed by atoms with E-state index in [0.717, 1.165) is 18.2 Å². The van der Waals surface area contributed by atoms with Gasteiger partial charge in [0.1, 0.15) is 5.69 Å². The van der Waals surface area contributed by atoms with Crippen molar-refractivity contribution < 1.29 is 18.0 Å². The van der Waals surface area contributed by atoms with Gasteiger partial charge in [0.05, 0.1) is 0 Å². The molecular weight excluding hydrogens is 369 g/mol. The van der Waals surface area contributed by atoms with E-state index in [1.165, 1.54) is 4.90 Å². The number of hydrogen-bond donors (Lipinski definition) is 1. The van der Waals surface area contributed by atoms with Gasteiger partial charge in [-0.15, -0.1) is 0 Å². The molecule has 0 radical (unpaired) electrons. The van der Waals surface area contributed by atoms with Crippen molar-refractivity contribution in [2.75, 3.05) is 27.2 Å². The van der Waals surface area contributed by atoms with Crippen molar-refractivity contribution in [3.05, 3.63) is 52.3 Å². The van der Waals surface area contributed by atoms with Crippen molar-refractivity contribution in [2.24, 2.45) is 0 Å². The fraction of sp³-hybridized carbons (Fsp3) is 0.412. The number of aromatic nitrogens is 2. The Morgan fingerprint density at radius 1 is 1.23 bits per heavy atom. The van der Waals surface area contributed by atoms with Crippen LogP contribution in [-0.4, -0.2) is 53.1 Å². The van der Waals surface area contributed by atoms with Crippen LogP contribution in [-0.2, 0) is 12.7 Å². The van der Waals surface area contributed by atoms with Gasteiger partial charge in [-0.25, -0.2) is 0 Å². The lowest BCUT2D eigenvalue weighted by Gasteiger charge is -2.23. The quantitative estimate of drug-likeness (QED) is 0.787. The van der Waals surface area contributed by atoms with Crippen molar-refractivity contribution in [1.82, 2.24) is 20.0 Å². The molecule has 26 heavy (non-hydrogen) atoms. The number of carbonyl (C=O) groups excluding carboxylic acids is 1. The summed E-state index contributed by atoms with van der Waals surface area (Å²) >= 11 is 6.15. The summed E-state index contributed by atoms with van der Waals surface area (Å²) in [6.45, 7) is 1.30. The monoisotopic (exact) mass is 388 g/mol. The molecule has 1 aromatic heterocycles. The molecule has 0 spiro atoms. The second-order valence-electron chi connectivity index (χ2n) is 6.14. The van der Waals surface area contributed by atoms with E-state index in [0.29, 0.717) is 18.0 Å². The molecule has 0 aliphatic rings. The standard InChI is InChI=1S/C17H20ClF3N4O/c1-24(2)8-5-9-25(11-12-6-3-4-7-13(12)18)16(26)14-10-15(23-22-14)17(19,20)21/h3-4,6-7,10H,5,8-9,11H2,1-2H3,(H,22,23). The lowest BCUT2D eigenvalue weighted by Crippen LogP contribution is -2.33. The predicted octanol–water partition coefficient (Wildman–Crippen LogP) is 3.68. The summed E-state index contributed by atoms with van der Waals surface area (Å²) < 4.78 is 38.2. The highest BCUT2D eigenvalue weighted by Gasteiger charge is 2.34. The molecule has 142 valence electrons. The van der Waals surface area contributed by atoms with Crippen LogP contribution < -0.4 is 0 Å². The number of halogens is 4. The largest absolute Gasteiger partial charge is 0.432 e. The van der Waals surface area contributed by atoms with Crippen molar-refractivity contribution in [3.8, 4) is 0 Å². The molecule has 0 unspecified atom stereocenters. The number of benzene rings is 1. The summed E-state index contributed by atoms with van der Waals surface area (Å²) in [5.41, 5.74) is -0.597. The number of amides is 1. The number of H-pyrrole nitrogens is 1. The number of hydrogen-bond acceptors (Lipinski definition) is 3. The minimum atomic E-state index is -4.58. The Kier molecular flexibility index (Phi) is 6.66. The summed E-state index contributed by atoms with van der Waals surface area (Å²) in [5.74, 6) is -0.574. The molecule has 0 fully saturated rings. The predicted molar refractivity (Wildman–Crippen MR) is 93.0 cm³/mol. The first-order valence-corrected chi connectivity index (χ1v) is 8.36. The molecule has 1 amide bonds. The zero-order chi connectivity index (χ0) is 19.3. The van der Waals surface area contributed by atoms with Crippen LogP contribution in [0.2, 0.25) is 5.02 Å². The van der Waals surface area contributed by atoms with Crippen molar-refractivity contribution >= 4 is 17.5 Å². The maximum atomic E-state index is 12.7. The number of rotatable bonds is 7. The highest BCUT2D eigenvalue weighted by molar-refractivity contribution is 6.31. The van der Waals surface area contributed by atoms with Gasteiger partial charge in [0.15, 0.2) is 5.69 Å². The molecule has 1 N–H and O–H groups in total. The molecule has 2 rings (SSSR count). The van der Waals surface area contributed by atoms with Gasteiger partial charge < -0.3 is 9.80 Å². The van der Waals surface area contributed by atoms with E-state index in [2.05, 4.69) is 5.10 Å². The molecule has 1 aromatic carbocycles. The normalized spacial score (nSPS) is 11.8. The smallest absolute Gasteiger partial charge is 0.333 e. The highest BCUT2D eigenvalue weighted by Crippen LogP contribution is 2.28. The number of carbonyl (C=O) groups is 1. The number of nitrogens with zero attached hydrogens (tertiary/aromatic N) is 3. The van der Waals surface area contributed by atoms with Gasteiger partial charge in [-0.3, -0.25) is 9.89 Å². The number of nitrogens with one attached hydrogen (secondary N) is 1. The average Bonchev–Trinajstić information content (AvgIpc) is 3.05. The SMILES string of the molecule is CN(C)CCCN(Cc1ccccc1Cl)C(=O)c1cc(C(F)(F)F)[nH]n1. The second-order valence-corrected chi connectivity index (χ2v) is 6.55. The highest BCUT2D eigenvalue weighted by atomic mass is 35.5. The molecule has 1 heterocycles. The lowest BCUT2D eigenvalue weighted by molar-refractivity contribution is -0.141. The van der Waals surface area contributed by atoms with Gasteiger partial charge in [-0.1, -0.05) is 29.8 Å². The van der Waals surface area contributed by atoms with E-state index in [1.807, 2.05) is 24.1 Å². The molecule has 0 aliphatic heterocycles. The lowest BCUT2D eigenvalue weighted by atomic mass is 10.2. The number of alkyl halides is 3. The summed E-state index contributed by atoms with van der Waals surface area (Å²) in [7, 11) is 3.81. The fourth-order valence-corrected chi connectivity index (χ4v) is 2.60. The van der Waals surface area contributed by atoms with E-state index in [1.54, 1.807) is 24.3 Å². The Morgan fingerprint density at radius 3 is 2.50 bits per heavy atom. The van der Waals surface area contributed by atoms with Crippen molar-refractivity contribution in [3.63, 3.8) is 0 Å². The first-order chi connectivity index (χ1) is 12.2. The van der Waals surface area contributed by atoms with Gasteiger partial charge in [-0.2, -0.15) is 18.3 Å². The minimum Gasteiger partial charge on any atom is -0.333 e. The van der Waals surface area contributed by atoms with E-state index in [-0.39, 0.29) is 12.2 Å². The maximum Gasteiger partial charge on any atom is 0.432 e. The molecule has 2 aromatic rings. The molecule has 0 saturated carbocycles. The Hall–Kier alpha value is -2.06. The van der Waals surface area contributed by atoms with E-state index in [9.17, 15) is 18.0 Å². The van der Waals surface area contributed by atoms with Gasteiger partial charge in [-0.05, 0) is 38.7 Å². The third kappa shape index (κ3) is 5.47. The van der Waals surface area contributed by atoms with Crippen LogP contribution in [0.3, 0.4) is 0 Å². The Labute approximate surface area is 154 Å². The van der Waals surface area contributed by atoms with Gasteiger partial charge in [0.25, 0.3) is 5.91 Å². The van der Waals surface area contributed by atoms with Crippen LogP contribution in [0.4, 0.5) is 13.2 Å². The molecule has 0 aliphatic carbocycles. The summed E-state index contributed by atoms with van der Waals surface area (Å²) in [4.78, 5) is 16.1. The first kappa shape index (κ1) is 20.3. The van der Waals surface area contributed by atoms with E-state index < -0.39 is 17.8 Å². The third-order valence-electron chi connectivity index (χ3n) is 3.74. The fourth-order valence-electron chi connectivity index (χ4n) is 2.40. The Balaban J connectivity index is 2.20. The molecule has 5 nitrogen and oxygen atoms in total. The van der Waals surface area contributed by atoms with Crippen LogP contribution in [0.1, 0.15) is 28.2 Å². The molecule has 0 saturated heterocycles. The van der Waals surface area contributed by atoms with Crippen LogP contribution in [0.25, 0.3) is 0 Å². The summed E-state index contributed by atoms with van der Waals surface area (Å²) in [5, 5.41) is 5.90. The first-order valence-electron chi connectivity index (χ1n) is 7.98. The van der Waals surface area contributed by atoms with E-state index in [4.69, 9.17) is 11.6 Å². The second kappa shape index (κ2) is 8.55. The van der Waals surface area contributed by atoms with Crippen LogP contribution in [0, 0.1) is 0 Å². The van der Waals surface area contributed by atoms with Crippen LogP contribution >= 0.6 is 11.6 Å². The minimum absolute atomic E-state index is 0.195. The molecule has 0 bridgehead atoms. The molecule has 0 atom stereocenters. The van der Waals surface area contributed by atoms with Gasteiger partial charge >= 0.3 is 6.18 Å². The topological polar surface area (TPSA) is 52.2 Å². The Morgan fingerprint density at radius 2 is 1.92 bits per heavy atom. The average molecular weight is 389 g/mol. The van der Waals surface area contributed by atoms with Crippen LogP contribution in [0.5, 0.6) is 0 Å². The van der Waals surface area contributed by atoms with Crippen molar-refractivity contribution in [1.29, 1.82) is 0 Å². The van der Waals surface area contributed by atoms with Gasteiger partial charge in [0.2, 0.25) is 0 Å². The van der Waals surface area contributed by atoms with Gasteiger partial charge in [0, 0.05) is 24.2 Å². The summed E-state index contributed by atoms with van der Waals surface area (Å²) in [6.07, 6.45) is -3.91.